The van der Waals surface area contributed by atoms with Crippen LogP contribution in [0.2, 0.25) is 5.02 Å². The number of hydrogen-bond donors (Lipinski definition) is 2. The van der Waals surface area contributed by atoms with Gasteiger partial charge in [0.1, 0.15) is 0 Å². The molecule has 0 bridgehead atoms. The van der Waals surface area contributed by atoms with Crippen molar-refractivity contribution >= 4 is 17.6 Å². The van der Waals surface area contributed by atoms with Crippen LogP contribution in [0, 0.1) is 5.92 Å². The Kier molecular flexibility index (Phi) is 5.44. The van der Waals surface area contributed by atoms with Gasteiger partial charge in [0.2, 0.25) is 0 Å². The van der Waals surface area contributed by atoms with E-state index >= 15 is 0 Å². The molecule has 0 aromatic heterocycles. The summed E-state index contributed by atoms with van der Waals surface area (Å²) in [5.41, 5.74) is 0.906. The number of piperidine rings is 1. The number of rotatable bonds is 3. The van der Waals surface area contributed by atoms with Gasteiger partial charge in [0, 0.05) is 24.2 Å². The molecule has 23 heavy (non-hydrogen) atoms. The number of likely N-dealkylation sites (tertiary alicyclic amines) is 1. The number of halogens is 1. The first-order valence-electron chi connectivity index (χ1n) is 8.62. The van der Waals surface area contributed by atoms with Crippen LogP contribution in [-0.2, 0) is 0 Å². The number of amides is 2. The standard InChI is InChI=1S/C18H25ClN2O2/c19-15-7-5-13(6-8-15)17(22)14-9-11-21(12-10-14)18(23)20-16-3-1-2-4-16/h5-8,14,16-17,22H,1-4,9-12H2,(H,20,23). The lowest BCUT2D eigenvalue weighted by molar-refractivity contribution is 0.0661. The number of nitrogens with zero attached hydrogens (tertiary/aromatic N) is 1. The SMILES string of the molecule is O=C(NC1CCCC1)N1CCC(C(O)c2ccc(Cl)cc2)CC1. The van der Waals surface area contributed by atoms with E-state index in [1.165, 1.54) is 12.8 Å². The molecule has 2 aliphatic rings. The monoisotopic (exact) mass is 336 g/mol. The van der Waals surface area contributed by atoms with Gasteiger partial charge in [0.15, 0.2) is 0 Å². The number of aliphatic hydroxyl groups excluding tert-OH is 1. The maximum Gasteiger partial charge on any atom is 0.317 e. The van der Waals surface area contributed by atoms with Crippen molar-refractivity contribution in [2.45, 2.75) is 50.7 Å². The van der Waals surface area contributed by atoms with Crippen LogP contribution in [0.4, 0.5) is 4.79 Å². The molecule has 1 aliphatic heterocycles. The van der Waals surface area contributed by atoms with Crippen LogP contribution in [0.5, 0.6) is 0 Å². The van der Waals surface area contributed by atoms with Crippen molar-refractivity contribution in [3.8, 4) is 0 Å². The van der Waals surface area contributed by atoms with Gasteiger partial charge in [-0.25, -0.2) is 4.79 Å². The molecule has 2 N–H and O–H groups in total. The molecule has 1 atom stereocenters. The highest BCUT2D eigenvalue weighted by Crippen LogP contribution is 2.31. The van der Waals surface area contributed by atoms with E-state index in [4.69, 9.17) is 11.6 Å². The Bertz CT molecular complexity index is 520. The summed E-state index contributed by atoms with van der Waals surface area (Å²) in [4.78, 5) is 14.2. The van der Waals surface area contributed by atoms with Crippen molar-refractivity contribution in [3.63, 3.8) is 0 Å². The molecule has 1 heterocycles. The first-order valence-corrected chi connectivity index (χ1v) is 9.00. The van der Waals surface area contributed by atoms with Crippen LogP contribution < -0.4 is 5.32 Å². The van der Waals surface area contributed by atoms with E-state index in [1.807, 2.05) is 29.2 Å². The van der Waals surface area contributed by atoms with E-state index in [9.17, 15) is 9.90 Å². The zero-order chi connectivity index (χ0) is 16.2. The quantitative estimate of drug-likeness (QED) is 0.883. The second kappa shape index (κ2) is 7.54. The molecular formula is C18H25ClN2O2. The second-order valence-corrected chi connectivity index (χ2v) is 7.19. The number of urea groups is 1. The van der Waals surface area contributed by atoms with Gasteiger partial charge in [-0.15, -0.1) is 0 Å². The zero-order valence-electron chi connectivity index (χ0n) is 13.4. The zero-order valence-corrected chi connectivity index (χ0v) is 14.1. The van der Waals surface area contributed by atoms with Gasteiger partial charge >= 0.3 is 6.03 Å². The molecule has 3 rings (SSSR count). The van der Waals surface area contributed by atoms with Gasteiger partial charge in [-0.3, -0.25) is 0 Å². The molecule has 2 fully saturated rings. The maximum atomic E-state index is 12.3. The van der Waals surface area contributed by atoms with E-state index in [1.54, 1.807) is 0 Å². The van der Waals surface area contributed by atoms with Crippen molar-refractivity contribution in [2.24, 2.45) is 5.92 Å². The van der Waals surface area contributed by atoms with Crippen LogP contribution in [0.1, 0.15) is 50.2 Å². The summed E-state index contributed by atoms with van der Waals surface area (Å²) in [5, 5.41) is 14.3. The second-order valence-electron chi connectivity index (χ2n) is 6.75. The molecule has 1 unspecified atom stereocenters. The maximum absolute atomic E-state index is 12.3. The van der Waals surface area contributed by atoms with E-state index < -0.39 is 6.10 Å². The fourth-order valence-electron chi connectivity index (χ4n) is 3.69. The Labute approximate surface area is 142 Å². The molecule has 0 spiro atoms. The van der Waals surface area contributed by atoms with Crippen LogP contribution in [-0.4, -0.2) is 35.2 Å². The summed E-state index contributed by atoms with van der Waals surface area (Å²) < 4.78 is 0. The fourth-order valence-corrected chi connectivity index (χ4v) is 3.81. The minimum Gasteiger partial charge on any atom is -0.388 e. The molecule has 1 aromatic carbocycles. The summed E-state index contributed by atoms with van der Waals surface area (Å²) in [5.74, 6) is 0.201. The van der Waals surface area contributed by atoms with E-state index in [0.29, 0.717) is 24.2 Å². The number of benzene rings is 1. The third-order valence-electron chi connectivity index (χ3n) is 5.17. The smallest absolute Gasteiger partial charge is 0.317 e. The summed E-state index contributed by atoms with van der Waals surface area (Å²) in [7, 11) is 0. The van der Waals surface area contributed by atoms with Crippen molar-refractivity contribution in [3.05, 3.63) is 34.9 Å². The molecule has 0 radical (unpaired) electrons. The summed E-state index contributed by atoms with van der Waals surface area (Å²) in [6.07, 6.45) is 5.85. The largest absolute Gasteiger partial charge is 0.388 e. The van der Waals surface area contributed by atoms with Crippen LogP contribution in [0.3, 0.4) is 0 Å². The van der Waals surface area contributed by atoms with Gasteiger partial charge in [0.25, 0.3) is 0 Å². The van der Waals surface area contributed by atoms with Gasteiger partial charge in [-0.05, 0) is 49.3 Å². The highest BCUT2D eigenvalue weighted by Gasteiger charge is 2.29. The average Bonchev–Trinajstić information content (AvgIpc) is 3.08. The van der Waals surface area contributed by atoms with E-state index in [-0.39, 0.29) is 11.9 Å². The minimum absolute atomic E-state index is 0.0660. The Morgan fingerprint density at radius 2 is 1.74 bits per heavy atom. The first kappa shape index (κ1) is 16.6. The number of aliphatic hydroxyl groups is 1. The Morgan fingerprint density at radius 3 is 2.35 bits per heavy atom. The number of carbonyl (C=O) groups is 1. The molecule has 1 saturated heterocycles. The van der Waals surface area contributed by atoms with Crippen LogP contribution in [0.25, 0.3) is 0 Å². The average molecular weight is 337 g/mol. The van der Waals surface area contributed by atoms with Gasteiger partial charge in [0.05, 0.1) is 6.10 Å². The molecule has 1 aromatic rings. The van der Waals surface area contributed by atoms with Gasteiger partial charge in [-0.1, -0.05) is 36.6 Å². The predicted octanol–water partition coefficient (Wildman–Crippen LogP) is 3.74. The Morgan fingerprint density at radius 1 is 1.13 bits per heavy atom. The number of carbonyl (C=O) groups excluding carboxylic acids is 1. The molecule has 1 aliphatic carbocycles. The molecular weight excluding hydrogens is 312 g/mol. The topological polar surface area (TPSA) is 52.6 Å². The summed E-state index contributed by atoms with van der Waals surface area (Å²) >= 11 is 5.89. The molecule has 2 amide bonds. The lowest BCUT2D eigenvalue weighted by atomic mass is 9.87. The third kappa shape index (κ3) is 4.18. The fraction of sp³-hybridized carbons (Fsp3) is 0.611. The number of nitrogens with one attached hydrogen (secondary N) is 1. The normalized spacial score (nSPS) is 21.4. The van der Waals surface area contributed by atoms with Gasteiger partial charge < -0.3 is 15.3 Å². The van der Waals surface area contributed by atoms with Crippen molar-refractivity contribution in [1.29, 1.82) is 0 Å². The lowest BCUT2D eigenvalue weighted by Gasteiger charge is -2.35. The number of hydrogen-bond acceptors (Lipinski definition) is 2. The van der Waals surface area contributed by atoms with E-state index in [2.05, 4.69) is 5.32 Å². The van der Waals surface area contributed by atoms with Gasteiger partial charge in [-0.2, -0.15) is 0 Å². The summed E-state index contributed by atoms with van der Waals surface area (Å²) in [6.45, 7) is 1.43. The van der Waals surface area contributed by atoms with Crippen molar-refractivity contribution in [2.75, 3.05) is 13.1 Å². The first-order chi connectivity index (χ1) is 11.1. The molecule has 1 saturated carbocycles. The van der Waals surface area contributed by atoms with Crippen LogP contribution >= 0.6 is 11.6 Å². The van der Waals surface area contributed by atoms with E-state index in [0.717, 1.165) is 31.2 Å². The molecule has 126 valence electrons. The molecule has 5 heteroatoms. The lowest BCUT2D eigenvalue weighted by Crippen LogP contribution is -2.47. The highest BCUT2D eigenvalue weighted by atomic mass is 35.5. The predicted molar refractivity (Wildman–Crippen MR) is 91.5 cm³/mol. The van der Waals surface area contributed by atoms with Crippen LogP contribution in [0.15, 0.2) is 24.3 Å². The summed E-state index contributed by atoms with van der Waals surface area (Å²) in [6, 6.07) is 7.81. The Balaban J connectivity index is 1.49. The Hall–Kier alpha value is -1.26. The molecule has 4 nitrogen and oxygen atoms in total. The van der Waals surface area contributed by atoms with Crippen molar-refractivity contribution < 1.29 is 9.90 Å². The highest BCUT2D eigenvalue weighted by molar-refractivity contribution is 6.30. The van der Waals surface area contributed by atoms with Crippen molar-refractivity contribution in [1.82, 2.24) is 10.2 Å². The third-order valence-corrected chi connectivity index (χ3v) is 5.42. The minimum atomic E-state index is -0.479.